The van der Waals surface area contributed by atoms with Gasteiger partial charge in [0.2, 0.25) is 5.91 Å². The Morgan fingerprint density at radius 1 is 1.21 bits per heavy atom. The van der Waals surface area contributed by atoms with Gasteiger partial charge in [-0.3, -0.25) is 4.79 Å². The number of aliphatic hydroxyl groups excluding tert-OH is 1. The van der Waals surface area contributed by atoms with Gasteiger partial charge in [0.05, 0.1) is 30.3 Å². The average Bonchev–Trinajstić information content (AvgIpc) is 2.86. The summed E-state index contributed by atoms with van der Waals surface area (Å²) >= 11 is 3.54. The highest BCUT2D eigenvalue weighted by Crippen LogP contribution is 2.40. The van der Waals surface area contributed by atoms with E-state index in [9.17, 15) is 18.3 Å². The largest absolute Gasteiger partial charge is 0.494 e. The molecule has 1 amide bonds. The Labute approximate surface area is 239 Å². The number of nitrogens with one attached hydrogen (secondary N) is 2. The molecular weight excluding hydrogens is 584 g/mol. The van der Waals surface area contributed by atoms with Crippen LogP contribution < -0.4 is 20.1 Å². The molecule has 1 unspecified atom stereocenters. The molecule has 0 aliphatic carbocycles. The van der Waals surface area contributed by atoms with Crippen LogP contribution in [-0.4, -0.2) is 61.8 Å². The third-order valence-corrected chi connectivity index (χ3v) is 9.63. The van der Waals surface area contributed by atoms with Crippen LogP contribution in [0.3, 0.4) is 0 Å². The van der Waals surface area contributed by atoms with Gasteiger partial charge in [-0.15, -0.1) is 0 Å². The summed E-state index contributed by atoms with van der Waals surface area (Å²) in [5, 5.41) is 17.8. The normalized spacial score (nSPS) is 26.0. The highest BCUT2D eigenvalue weighted by atomic mass is 79.9. The maximum Gasteiger partial charge on any atom is 0.224 e. The van der Waals surface area contributed by atoms with E-state index in [2.05, 4.69) is 26.6 Å². The van der Waals surface area contributed by atoms with Gasteiger partial charge in [0, 0.05) is 35.0 Å². The second-order valence-electron chi connectivity index (χ2n) is 11.3. The Kier molecular flexibility index (Phi) is 9.62. The second-order valence-corrected chi connectivity index (χ2v) is 14.5. The molecule has 0 spiro atoms. The molecule has 0 saturated heterocycles. The van der Waals surface area contributed by atoms with Crippen molar-refractivity contribution in [2.75, 3.05) is 24.7 Å². The van der Waals surface area contributed by atoms with Crippen molar-refractivity contribution < 1.29 is 27.8 Å². The van der Waals surface area contributed by atoms with Crippen LogP contribution in [0.2, 0.25) is 0 Å². The van der Waals surface area contributed by atoms with Crippen LogP contribution in [0.1, 0.15) is 57.2 Å². The fourth-order valence-electron chi connectivity index (χ4n) is 5.19. The van der Waals surface area contributed by atoms with Crippen molar-refractivity contribution in [3.63, 3.8) is 0 Å². The predicted octanol–water partition coefficient (Wildman–Crippen LogP) is 3.95. The number of rotatable bonds is 4. The number of fused-ring (bicyclic) bond motifs is 3. The van der Waals surface area contributed by atoms with Crippen LogP contribution in [-0.2, 0) is 21.1 Å². The van der Waals surface area contributed by atoms with Crippen LogP contribution in [0.15, 0.2) is 46.9 Å². The van der Waals surface area contributed by atoms with E-state index in [1.807, 2.05) is 56.3 Å². The number of sulfone groups is 1. The first kappa shape index (κ1) is 29.8. The molecule has 4 rings (SSSR count). The fraction of sp³-hybridized carbons (Fsp3) is 0.552. The molecular formula is C29H39BrN2O6S. The summed E-state index contributed by atoms with van der Waals surface area (Å²) in [5.41, 5.74) is 1.53. The molecule has 39 heavy (non-hydrogen) atoms. The van der Waals surface area contributed by atoms with E-state index >= 15 is 0 Å². The lowest BCUT2D eigenvalue weighted by molar-refractivity contribution is -0.125. The smallest absolute Gasteiger partial charge is 0.224 e. The SMILES string of the molecule is C[C@@H]1CS(=O)(=O)CCCCOc2cccc(c2)C[C@@H]([C@H](O)CNC2CC(C)(C)Oc3ccc(Br)cc32)NC1=O. The Morgan fingerprint density at radius 2 is 2.00 bits per heavy atom. The zero-order valence-electron chi connectivity index (χ0n) is 22.8. The first-order valence-corrected chi connectivity index (χ1v) is 16.1. The predicted molar refractivity (Wildman–Crippen MR) is 155 cm³/mol. The van der Waals surface area contributed by atoms with Crippen LogP contribution in [0.5, 0.6) is 11.5 Å². The van der Waals surface area contributed by atoms with Crippen molar-refractivity contribution in [1.29, 1.82) is 0 Å². The summed E-state index contributed by atoms with van der Waals surface area (Å²) < 4.78 is 38.1. The molecule has 0 saturated carbocycles. The molecule has 4 atom stereocenters. The Morgan fingerprint density at radius 3 is 2.79 bits per heavy atom. The van der Waals surface area contributed by atoms with E-state index in [1.54, 1.807) is 6.92 Å². The van der Waals surface area contributed by atoms with Gasteiger partial charge in [-0.05, 0) is 69.0 Å². The molecule has 0 radical (unpaired) electrons. The number of aliphatic hydroxyl groups is 1. The molecule has 2 aliphatic heterocycles. The molecule has 0 aromatic heterocycles. The number of ether oxygens (including phenoxy) is 2. The van der Waals surface area contributed by atoms with E-state index in [0.29, 0.717) is 38.0 Å². The van der Waals surface area contributed by atoms with Crippen molar-refractivity contribution in [2.24, 2.45) is 5.92 Å². The third kappa shape index (κ3) is 8.42. The van der Waals surface area contributed by atoms with Gasteiger partial charge in [-0.25, -0.2) is 8.42 Å². The van der Waals surface area contributed by atoms with E-state index in [-0.39, 0.29) is 35.6 Å². The van der Waals surface area contributed by atoms with Gasteiger partial charge in [-0.2, -0.15) is 0 Å². The summed E-state index contributed by atoms with van der Waals surface area (Å²) in [5.74, 6) is 0.163. The summed E-state index contributed by atoms with van der Waals surface area (Å²) in [7, 11) is -3.39. The van der Waals surface area contributed by atoms with E-state index < -0.39 is 27.9 Å². The maximum absolute atomic E-state index is 13.1. The lowest BCUT2D eigenvalue weighted by atomic mass is 9.89. The number of hydrogen-bond acceptors (Lipinski definition) is 7. The van der Waals surface area contributed by atoms with Gasteiger partial charge in [0.25, 0.3) is 0 Å². The zero-order chi connectivity index (χ0) is 28.2. The van der Waals surface area contributed by atoms with Gasteiger partial charge in [-0.1, -0.05) is 35.0 Å². The lowest BCUT2D eigenvalue weighted by Crippen LogP contribution is -2.51. The molecule has 0 fully saturated rings. The van der Waals surface area contributed by atoms with Gasteiger partial charge in [0.15, 0.2) is 9.84 Å². The number of amides is 1. The first-order valence-electron chi connectivity index (χ1n) is 13.5. The highest BCUT2D eigenvalue weighted by molar-refractivity contribution is 9.10. The second kappa shape index (κ2) is 12.6. The molecule has 2 heterocycles. The van der Waals surface area contributed by atoms with Crippen molar-refractivity contribution in [2.45, 2.75) is 70.2 Å². The minimum absolute atomic E-state index is 0.0169. The highest BCUT2D eigenvalue weighted by Gasteiger charge is 2.35. The van der Waals surface area contributed by atoms with Gasteiger partial charge in [0.1, 0.15) is 17.1 Å². The van der Waals surface area contributed by atoms with Crippen molar-refractivity contribution >= 4 is 31.7 Å². The van der Waals surface area contributed by atoms with Gasteiger partial charge < -0.3 is 25.2 Å². The van der Waals surface area contributed by atoms with Gasteiger partial charge >= 0.3 is 0 Å². The summed E-state index contributed by atoms with van der Waals surface area (Å²) in [6.07, 6.45) is 1.23. The molecule has 10 heteroatoms. The summed E-state index contributed by atoms with van der Waals surface area (Å²) in [4.78, 5) is 13.1. The van der Waals surface area contributed by atoms with Crippen molar-refractivity contribution in [3.8, 4) is 11.5 Å². The molecule has 3 N–H and O–H groups in total. The average molecular weight is 624 g/mol. The molecule has 2 aromatic carbocycles. The van der Waals surface area contributed by atoms with Crippen LogP contribution in [0.4, 0.5) is 0 Å². The monoisotopic (exact) mass is 622 g/mol. The Balaban J connectivity index is 1.54. The van der Waals surface area contributed by atoms with Crippen molar-refractivity contribution in [3.05, 3.63) is 58.1 Å². The lowest BCUT2D eigenvalue weighted by Gasteiger charge is -2.38. The Hall–Kier alpha value is -2.14. The zero-order valence-corrected chi connectivity index (χ0v) is 25.2. The number of halogens is 1. The minimum Gasteiger partial charge on any atom is -0.494 e. The van der Waals surface area contributed by atoms with Crippen LogP contribution in [0.25, 0.3) is 0 Å². The van der Waals surface area contributed by atoms with Crippen LogP contribution in [0, 0.1) is 5.92 Å². The van der Waals surface area contributed by atoms with E-state index in [0.717, 1.165) is 21.3 Å². The number of carbonyl (C=O) groups excluding carboxylic acids is 1. The topological polar surface area (TPSA) is 114 Å². The van der Waals surface area contributed by atoms with Crippen molar-refractivity contribution in [1.82, 2.24) is 10.6 Å². The molecule has 2 bridgehead atoms. The molecule has 2 aromatic rings. The van der Waals surface area contributed by atoms with E-state index in [1.165, 1.54) is 0 Å². The first-order chi connectivity index (χ1) is 18.4. The fourth-order valence-corrected chi connectivity index (χ4v) is 7.29. The summed E-state index contributed by atoms with van der Waals surface area (Å²) in [6, 6.07) is 12.8. The third-order valence-electron chi connectivity index (χ3n) is 7.22. The number of hydrogen-bond donors (Lipinski definition) is 3. The maximum atomic E-state index is 13.1. The number of benzene rings is 2. The van der Waals surface area contributed by atoms with E-state index in [4.69, 9.17) is 9.47 Å². The summed E-state index contributed by atoms with van der Waals surface area (Å²) in [6.45, 7) is 6.33. The molecule has 8 nitrogen and oxygen atoms in total. The molecule has 2 aliphatic rings. The standard InChI is InChI=1S/C29H39BrN2O6S/c1-19-18-39(35,36)12-5-4-11-37-22-8-6-7-20(13-22)14-24(32-28(19)34)26(33)17-31-25-16-29(2,3)38-27-10-9-21(30)15-23(25)27/h6-10,13,15,19,24-26,31,33H,4-5,11-12,14,16-18H2,1-3H3,(H,32,34)/t19-,24+,25?,26-/m1/s1. The quantitative estimate of drug-likeness (QED) is 0.473. The Bertz CT molecular complexity index is 1270. The number of carbonyl (C=O) groups is 1. The van der Waals surface area contributed by atoms with Crippen LogP contribution >= 0.6 is 15.9 Å². The molecule has 214 valence electrons. The minimum atomic E-state index is -3.39.